The molecular formula is C16H34O5. The molecule has 0 aromatic rings. The Morgan fingerprint density at radius 3 is 1.81 bits per heavy atom. The van der Waals surface area contributed by atoms with E-state index >= 15 is 0 Å². The molecule has 5 nitrogen and oxygen atoms in total. The molecule has 0 aliphatic rings. The molecule has 0 aliphatic heterocycles. The third-order valence-electron chi connectivity index (χ3n) is 3.05. The smallest absolute Gasteiger partial charge is 0.0704 e. The molecule has 128 valence electrons. The van der Waals surface area contributed by atoms with Gasteiger partial charge in [-0.3, -0.25) is 0 Å². The standard InChI is InChI=1S/C16H34O5/c1-3-5-7-16(6-4-2)21-15-14-20-13-12-19-11-10-18-9-8-17/h16-17H,3-15H2,1-2H3. The van der Waals surface area contributed by atoms with Crippen molar-refractivity contribution in [3.8, 4) is 0 Å². The maximum atomic E-state index is 8.51. The topological polar surface area (TPSA) is 57.2 Å². The van der Waals surface area contributed by atoms with E-state index in [0.717, 1.165) is 12.8 Å². The molecule has 0 aliphatic carbocycles. The molecule has 0 saturated heterocycles. The summed E-state index contributed by atoms with van der Waals surface area (Å²) in [6.07, 6.45) is 6.30. The maximum Gasteiger partial charge on any atom is 0.0704 e. The molecule has 0 amide bonds. The van der Waals surface area contributed by atoms with Crippen LogP contribution in [-0.4, -0.2) is 64.1 Å². The van der Waals surface area contributed by atoms with E-state index in [1.165, 1.54) is 19.3 Å². The number of aliphatic hydroxyl groups is 1. The fourth-order valence-electron chi connectivity index (χ4n) is 1.94. The van der Waals surface area contributed by atoms with Crippen LogP contribution in [0.1, 0.15) is 46.0 Å². The van der Waals surface area contributed by atoms with E-state index in [-0.39, 0.29) is 6.61 Å². The van der Waals surface area contributed by atoms with Crippen LogP contribution in [-0.2, 0) is 18.9 Å². The summed E-state index contributed by atoms with van der Waals surface area (Å²) in [6, 6.07) is 0. The van der Waals surface area contributed by atoms with E-state index in [1.54, 1.807) is 0 Å². The fraction of sp³-hybridized carbons (Fsp3) is 1.00. The molecule has 0 saturated carbocycles. The van der Waals surface area contributed by atoms with Crippen molar-refractivity contribution in [2.24, 2.45) is 0 Å². The zero-order valence-corrected chi connectivity index (χ0v) is 13.8. The van der Waals surface area contributed by atoms with Crippen LogP contribution in [0, 0.1) is 0 Å². The SMILES string of the molecule is CCCCC(CCC)OCCOCCOCCOCCO. The van der Waals surface area contributed by atoms with Crippen LogP contribution in [0.4, 0.5) is 0 Å². The Morgan fingerprint density at radius 1 is 0.714 bits per heavy atom. The van der Waals surface area contributed by atoms with Crippen LogP contribution in [0.15, 0.2) is 0 Å². The molecule has 5 heteroatoms. The minimum atomic E-state index is 0.0559. The van der Waals surface area contributed by atoms with Crippen LogP contribution in [0.5, 0.6) is 0 Å². The Bertz CT molecular complexity index is 190. The summed E-state index contributed by atoms with van der Waals surface area (Å²) in [4.78, 5) is 0. The molecule has 0 fully saturated rings. The van der Waals surface area contributed by atoms with E-state index in [4.69, 9.17) is 24.1 Å². The molecule has 0 aromatic heterocycles. The van der Waals surface area contributed by atoms with Crippen LogP contribution in [0.25, 0.3) is 0 Å². The molecular weight excluding hydrogens is 272 g/mol. The second-order valence-corrected chi connectivity index (χ2v) is 4.98. The third kappa shape index (κ3) is 16.0. The van der Waals surface area contributed by atoms with Gasteiger partial charge in [0, 0.05) is 0 Å². The first-order valence-corrected chi connectivity index (χ1v) is 8.30. The van der Waals surface area contributed by atoms with Gasteiger partial charge in [-0.2, -0.15) is 0 Å². The molecule has 0 bridgehead atoms. The van der Waals surface area contributed by atoms with E-state index in [2.05, 4.69) is 13.8 Å². The second kappa shape index (κ2) is 17.9. The van der Waals surface area contributed by atoms with Gasteiger partial charge in [0.2, 0.25) is 0 Å². The lowest BCUT2D eigenvalue weighted by molar-refractivity contribution is -0.0241. The predicted octanol–water partition coefficient (Wildman–Crippen LogP) is 2.40. The normalized spacial score (nSPS) is 12.7. The van der Waals surface area contributed by atoms with Crippen LogP contribution < -0.4 is 0 Å². The quantitative estimate of drug-likeness (QED) is 0.418. The summed E-state index contributed by atoms with van der Waals surface area (Å²) in [5, 5.41) is 8.51. The van der Waals surface area contributed by atoms with Crippen molar-refractivity contribution in [1.82, 2.24) is 0 Å². The van der Waals surface area contributed by atoms with Gasteiger partial charge in [0.15, 0.2) is 0 Å². The molecule has 0 rings (SSSR count). The Hall–Kier alpha value is -0.200. The number of ether oxygens (including phenoxy) is 4. The zero-order chi connectivity index (χ0) is 15.6. The van der Waals surface area contributed by atoms with Crippen molar-refractivity contribution >= 4 is 0 Å². The maximum absolute atomic E-state index is 8.51. The highest BCUT2D eigenvalue weighted by molar-refractivity contribution is 4.57. The lowest BCUT2D eigenvalue weighted by atomic mass is 10.1. The summed E-state index contributed by atoms with van der Waals surface area (Å²) in [6.45, 7) is 8.31. The molecule has 0 heterocycles. The molecule has 0 radical (unpaired) electrons. The van der Waals surface area contributed by atoms with Gasteiger partial charge < -0.3 is 24.1 Å². The van der Waals surface area contributed by atoms with Gasteiger partial charge in [-0.25, -0.2) is 0 Å². The average molecular weight is 306 g/mol. The van der Waals surface area contributed by atoms with E-state index < -0.39 is 0 Å². The Balaban J connectivity index is 3.25. The lowest BCUT2D eigenvalue weighted by Gasteiger charge is -2.17. The Labute approximate surface area is 129 Å². The largest absolute Gasteiger partial charge is 0.394 e. The molecule has 0 spiro atoms. The molecule has 21 heavy (non-hydrogen) atoms. The first-order chi connectivity index (χ1) is 10.3. The van der Waals surface area contributed by atoms with Gasteiger partial charge in [-0.15, -0.1) is 0 Å². The fourth-order valence-corrected chi connectivity index (χ4v) is 1.94. The Kier molecular flexibility index (Phi) is 17.7. The van der Waals surface area contributed by atoms with Gasteiger partial charge in [0.1, 0.15) is 0 Å². The number of hydrogen-bond acceptors (Lipinski definition) is 5. The highest BCUT2D eigenvalue weighted by Crippen LogP contribution is 2.10. The molecule has 0 aromatic carbocycles. The first kappa shape index (κ1) is 20.8. The van der Waals surface area contributed by atoms with E-state index in [9.17, 15) is 0 Å². The first-order valence-electron chi connectivity index (χ1n) is 8.30. The summed E-state index contributed by atoms with van der Waals surface area (Å²) >= 11 is 0. The summed E-state index contributed by atoms with van der Waals surface area (Å²) in [5.41, 5.74) is 0. The monoisotopic (exact) mass is 306 g/mol. The number of unbranched alkanes of at least 4 members (excludes halogenated alkanes) is 1. The summed E-state index contributed by atoms with van der Waals surface area (Å²) in [7, 11) is 0. The van der Waals surface area contributed by atoms with Crippen LogP contribution in [0.3, 0.4) is 0 Å². The number of rotatable bonds is 17. The second-order valence-electron chi connectivity index (χ2n) is 4.98. The van der Waals surface area contributed by atoms with E-state index in [0.29, 0.717) is 52.4 Å². The van der Waals surface area contributed by atoms with Gasteiger partial charge >= 0.3 is 0 Å². The van der Waals surface area contributed by atoms with Gasteiger partial charge in [-0.1, -0.05) is 33.1 Å². The van der Waals surface area contributed by atoms with Gasteiger partial charge in [0.25, 0.3) is 0 Å². The third-order valence-corrected chi connectivity index (χ3v) is 3.05. The minimum Gasteiger partial charge on any atom is -0.394 e. The van der Waals surface area contributed by atoms with E-state index in [1.807, 2.05) is 0 Å². The molecule has 1 unspecified atom stereocenters. The highest BCUT2D eigenvalue weighted by Gasteiger charge is 2.06. The van der Waals surface area contributed by atoms with Gasteiger partial charge in [-0.05, 0) is 12.8 Å². The van der Waals surface area contributed by atoms with Crippen LogP contribution >= 0.6 is 0 Å². The lowest BCUT2D eigenvalue weighted by Crippen LogP contribution is -2.17. The predicted molar refractivity (Wildman–Crippen MR) is 83.7 cm³/mol. The van der Waals surface area contributed by atoms with Crippen molar-refractivity contribution in [3.05, 3.63) is 0 Å². The van der Waals surface area contributed by atoms with Gasteiger partial charge in [0.05, 0.1) is 59.0 Å². The summed E-state index contributed by atoms with van der Waals surface area (Å²) < 4.78 is 21.7. The van der Waals surface area contributed by atoms with Crippen molar-refractivity contribution in [3.63, 3.8) is 0 Å². The van der Waals surface area contributed by atoms with Crippen molar-refractivity contribution < 1.29 is 24.1 Å². The number of aliphatic hydroxyl groups excluding tert-OH is 1. The van der Waals surface area contributed by atoms with Crippen molar-refractivity contribution in [2.75, 3.05) is 52.9 Å². The zero-order valence-electron chi connectivity index (χ0n) is 13.8. The molecule has 1 atom stereocenters. The van der Waals surface area contributed by atoms with Crippen molar-refractivity contribution in [1.29, 1.82) is 0 Å². The number of hydrogen-bond donors (Lipinski definition) is 1. The average Bonchev–Trinajstić information content (AvgIpc) is 2.50. The highest BCUT2D eigenvalue weighted by atomic mass is 16.6. The summed E-state index contributed by atoms with van der Waals surface area (Å²) in [5.74, 6) is 0. The minimum absolute atomic E-state index is 0.0559. The Morgan fingerprint density at radius 2 is 1.29 bits per heavy atom. The van der Waals surface area contributed by atoms with Crippen molar-refractivity contribution in [2.45, 2.75) is 52.1 Å². The van der Waals surface area contributed by atoms with Crippen LogP contribution in [0.2, 0.25) is 0 Å². The molecule has 1 N–H and O–H groups in total.